The van der Waals surface area contributed by atoms with Crippen LogP contribution in [0.1, 0.15) is 15.9 Å². The van der Waals surface area contributed by atoms with Crippen LogP contribution in [-0.4, -0.2) is 10.8 Å². The van der Waals surface area contributed by atoms with Crippen LogP contribution < -0.4 is 0 Å². The fourth-order valence-corrected chi connectivity index (χ4v) is 1.87. The number of nitrogens with zero attached hydrogens (tertiary/aromatic N) is 1. The highest BCUT2D eigenvalue weighted by molar-refractivity contribution is 9.10. The topological polar surface area (TPSA) is 30.0 Å². The van der Waals surface area contributed by atoms with Gasteiger partial charge < -0.3 is 0 Å². The van der Waals surface area contributed by atoms with E-state index in [0.717, 1.165) is 0 Å². The SMILES string of the molecule is O=C(c1ccc(Cl)cc1)c1cccnc1Br. The van der Waals surface area contributed by atoms with Crippen LogP contribution in [0.3, 0.4) is 0 Å². The molecule has 0 amide bonds. The van der Waals surface area contributed by atoms with Crippen molar-refractivity contribution in [3.05, 3.63) is 63.3 Å². The lowest BCUT2D eigenvalue weighted by Crippen LogP contribution is -2.02. The van der Waals surface area contributed by atoms with Gasteiger partial charge in [0.05, 0.1) is 5.56 Å². The first-order valence-corrected chi connectivity index (χ1v) is 5.76. The Morgan fingerprint density at radius 1 is 1.19 bits per heavy atom. The smallest absolute Gasteiger partial charge is 0.195 e. The molecule has 1 aromatic heterocycles. The van der Waals surface area contributed by atoms with E-state index in [1.165, 1.54) is 0 Å². The number of aromatic nitrogens is 1. The van der Waals surface area contributed by atoms with Crippen molar-refractivity contribution in [3.63, 3.8) is 0 Å². The van der Waals surface area contributed by atoms with Crippen LogP contribution in [-0.2, 0) is 0 Å². The van der Waals surface area contributed by atoms with Gasteiger partial charge in [0, 0.05) is 16.8 Å². The molecule has 0 aliphatic rings. The molecule has 0 aliphatic heterocycles. The van der Waals surface area contributed by atoms with E-state index >= 15 is 0 Å². The Morgan fingerprint density at radius 3 is 2.50 bits per heavy atom. The third-order valence-electron chi connectivity index (χ3n) is 2.11. The second-order valence-corrected chi connectivity index (χ2v) is 4.37. The largest absolute Gasteiger partial charge is 0.289 e. The zero-order chi connectivity index (χ0) is 11.5. The van der Waals surface area contributed by atoms with Gasteiger partial charge in [-0.05, 0) is 52.3 Å². The molecular weight excluding hydrogens is 289 g/mol. The number of hydrogen-bond acceptors (Lipinski definition) is 2. The molecule has 0 atom stereocenters. The Morgan fingerprint density at radius 2 is 1.88 bits per heavy atom. The number of benzene rings is 1. The molecule has 16 heavy (non-hydrogen) atoms. The molecule has 1 heterocycles. The summed E-state index contributed by atoms with van der Waals surface area (Å²) in [5.74, 6) is -0.0726. The summed E-state index contributed by atoms with van der Waals surface area (Å²) < 4.78 is 0.551. The van der Waals surface area contributed by atoms with Crippen LogP contribution in [0.15, 0.2) is 47.2 Å². The Balaban J connectivity index is 2.40. The maximum atomic E-state index is 12.1. The van der Waals surface area contributed by atoms with E-state index in [9.17, 15) is 4.79 Å². The van der Waals surface area contributed by atoms with Gasteiger partial charge in [0.25, 0.3) is 0 Å². The van der Waals surface area contributed by atoms with Gasteiger partial charge in [-0.1, -0.05) is 11.6 Å². The Kier molecular flexibility index (Phi) is 3.36. The second-order valence-electron chi connectivity index (χ2n) is 3.18. The molecule has 0 radical (unpaired) electrons. The molecular formula is C12H7BrClNO. The van der Waals surface area contributed by atoms with E-state index < -0.39 is 0 Å². The van der Waals surface area contributed by atoms with E-state index in [1.54, 1.807) is 42.6 Å². The van der Waals surface area contributed by atoms with E-state index in [0.29, 0.717) is 20.8 Å². The van der Waals surface area contributed by atoms with Crippen LogP contribution in [0.2, 0.25) is 5.02 Å². The molecule has 2 nitrogen and oxygen atoms in total. The lowest BCUT2D eigenvalue weighted by molar-refractivity contribution is 0.103. The summed E-state index contributed by atoms with van der Waals surface area (Å²) in [4.78, 5) is 16.1. The van der Waals surface area contributed by atoms with E-state index in [-0.39, 0.29) is 5.78 Å². The van der Waals surface area contributed by atoms with E-state index in [2.05, 4.69) is 20.9 Å². The average Bonchev–Trinajstić information content (AvgIpc) is 2.30. The van der Waals surface area contributed by atoms with Crippen LogP contribution in [0.5, 0.6) is 0 Å². The van der Waals surface area contributed by atoms with Gasteiger partial charge in [0.2, 0.25) is 0 Å². The summed E-state index contributed by atoms with van der Waals surface area (Å²) in [5.41, 5.74) is 1.14. The fourth-order valence-electron chi connectivity index (χ4n) is 1.31. The fraction of sp³-hybridized carbons (Fsp3) is 0. The number of carbonyl (C=O) groups is 1. The zero-order valence-electron chi connectivity index (χ0n) is 8.15. The Bertz CT molecular complexity index is 525. The number of hydrogen-bond donors (Lipinski definition) is 0. The summed E-state index contributed by atoms with van der Waals surface area (Å²) in [6.07, 6.45) is 1.63. The standard InChI is InChI=1S/C12H7BrClNO/c13-12-10(2-1-7-15-12)11(16)8-3-5-9(14)6-4-8/h1-7H. The minimum Gasteiger partial charge on any atom is -0.289 e. The molecule has 80 valence electrons. The third-order valence-corrected chi connectivity index (χ3v) is 2.99. The quantitative estimate of drug-likeness (QED) is 0.624. The van der Waals surface area contributed by atoms with Crippen LogP contribution in [0, 0.1) is 0 Å². The van der Waals surface area contributed by atoms with Gasteiger partial charge in [0.15, 0.2) is 5.78 Å². The zero-order valence-corrected chi connectivity index (χ0v) is 10.5. The molecule has 0 fully saturated rings. The molecule has 0 N–H and O–H groups in total. The van der Waals surface area contributed by atoms with Crippen molar-refractivity contribution in [2.75, 3.05) is 0 Å². The Hall–Kier alpha value is -1.19. The van der Waals surface area contributed by atoms with Crippen molar-refractivity contribution in [1.29, 1.82) is 0 Å². The minimum absolute atomic E-state index is 0.0726. The van der Waals surface area contributed by atoms with Gasteiger partial charge in [-0.3, -0.25) is 4.79 Å². The van der Waals surface area contributed by atoms with Crippen molar-refractivity contribution < 1.29 is 4.79 Å². The number of pyridine rings is 1. The summed E-state index contributed by atoms with van der Waals surface area (Å²) in [6, 6.07) is 10.2. The van der Waals surface area contributed by atoms with Crippen molar-refractivity contribution in [1.82, 2.24) is 4.98 Å². The van der Waals surface area contributed by atoms with Crippen molar-refractivity contribution in [3.8, 4) is 0 Å². The molecule has 4 heteroatoms. The highest BCUT2D eigenvalue weighted by atomic mass is 79.9. The van der Waals surface area contributed by atoms with Gasteiger partial charge >= 0.3 is 0 Å². The summed E-state index contributed by atoms with van der Waals surface area (Å²) in [6.45, 7) is 0. The first kappa shape index (κ1) is 11.3. The monoisotopic (exact) mass is 295 g/mol. The molecule has 0 aliphatic carbocycles. The molecule has 0 spiro atoms. The molecule has 1 aromatic carbocycles. The third kappa shape index (κ3) is 2.31. The maximum absolute atomic E-state index is 12.1. The molecule has 0 bridgehead atoms. The predicted octanol–water partition coefficient (Wildman–Crippen LogP) is 3.73. The van der Waals surface area contributed by atoms with Gasteiger partial charge in [-0.25, -0.2) is 4.98 Å². The van der Waals surface area contributed by atoms with Crippen LogP contribution >= 0.6 is 27.5 Å². The van der Waals surface area contributed by atoms with Crippen LogP contribution in [0.4, 0.5) is 0 Å². The molecule has 0 unspecified atom stereocenters. The highest BCUT2D eigenvalue weighted by Crippen LogP contribution is 2.18. The Labute approximate surface area is 106 Å². The number of ketones is 1. The van der Waals surface area contributed by atoms with Crippen molar-refractivity contribution >= 4 is 33.3 Å². The maximum Gasteiger partial charge on any atom is 0.195 e. The highest BCUT2D eigenvalue weighted by Gasteiger charge is 2.12. The molecule has 0 saturated heterocycles. The van der Waals surface area contributed by atoms with Crippen LogP contribution in [0.25, 0.3) is 0 Å². The molecule has 2 rings (SSSR count). The number of carbonyl (C=O) groups excluding carboxylic acids is 1. The molecule has 0 saturated carbocycles. The predicted molar refractivity (Wildman–Crippen MR) is 66.8 cm³/mol. The van der Waals surface area contributed by atoms with Gasteiger partial charge in [0.1, 0.15) is 4.60 Å². The first-order valence-electron chi connectivity index (χ1n) is 4.59. The van der Waals surface area contributed by atoms with Crippen molar-refractivity contribution in [2.45, 2.75) is 0 Å². The summed E-state index contributed by atoms with van der Waals surface area (Å²) in [7, 11) is 0. The number of rotatable bonds is 2. The first-order chi connectivity index (χ1) is 7.68. The minimum atomic E-state index is -0.0726. The van der Waals surface area contributed by atoms with E-state index in [4.69, 9.17) is 11.6 Å². The normalized spacial score (nSPS) is 10.1. The lowest BCUT2D eigenvalue weighted by atomic mass is 10.1. The van der Waals surface area contributed by atoms with Gasteiger partial charge in [-0.2, -0.15) is 0 Å². The van der Waals surface area contributed by atoms with Crippen molar-refractivity contribution in [2.24, 2.45) is 0 Å². The van der Waals surface area contributed by atoms with E-state index in [1.807, 2.05) is 0 Å². The molecule has 2 aromatic rings. The lowest BCUT2D eigenvalue weighted by Gasteiger charge is -2.02. The summed E-state index contributed by atoms with van der Waals surface area (Å²) >= 11 is 9.01. The second kappa shape index (κ2) is 4.76. The average molecular weight is 297 g/mol. The number of halogens is 2. The van der Waals surface area contributed by atoms with Gasteiger partial charge in [-0.15, -0.1) is 0 Å². The summed E-state index contributed by atoms with van der Waals surface area (Å²) in [5, 5.41) is 0.613.